The van der Waals surface area contributed by atoms with Crippen LogP contribution in [0.1, 0.15) is 6.92 Å². The van der Waals surface area contributed by atoms with Crippen molar-refractivity contribution in [1.29, 1.82) is 5.41 Å². The fourth-order valence-corrected chi connectivity index (χ4v) is 0.404. The molecule has 0 aliphatic carbocycles. The van der Waals surface area contributed by atoms with Gasteiger partial charge in [-0.1, -0.05) is 0 Å². The SMILES string of the molecule is CCOCCOCC=N. The van der Waals surface area contributed by atoms with Crippen LogP contribution in [0.5, 0.6) is 0 Å². The van der Waals surface area contributed by atoms with E-state index in [9.17, 15) is 0 Å². The Labute approximate surface area is 55.5 Å². The van der Waals surface area contributed by atoms with E-state index in [0.717, 1.165) is 6.61 Å². The molecule has 9 heavy (non-hydrogen) atoms. The molecule has 1 N–H and O–H groups in total. The van der Waals surface area contributed by atoms with Crippen LogP contribution in [0, 0.1) is 5.41 Å². The highest BCUT2D eigenvalue weighted by atomic mass is 16.5. The van der Waals surface area contributed by atoms with E-state index in [1.165, 1.54) is 6.21 Å². The van der Waals surface area contributed by atoms with Crippen LogP contribution in [0.4, 0.5) is 0 Å². The minimum Gasteiger partial charge on any atom is -0.379 e. The maximum absolute atomic E-state index is 6.59. The standard InChI is InChI=1S/C6H13NO2/c1-2-8-5-6-9-4-3-7/h3,7H,2,4-6H2,1H3. The van der Waals surface area contributed by atoms with Gasteiger partial charge in [-0.3, -0.25) is 0 Å². The largest absolute Gasteiger partial charge is 0.379 e. The molecule has 0 aliphatic rings. The molecular weight excluding hydrogens is 118 g/mol. The van der Waals surface area contributed by atoms with E-state index in [-0.39, 0.29) is 0 Å². The van der Waals surface area contributed by atoms with Gasteiger partial charge in [0.1, 0.15) is 0 Å². The minimum absolute atomic E-state index is 0.396. The summed E-state index contributed by atoms with van der Waals surface area (Å²) in [6.07, 6.45) is 1.23. The molecule has 0 spiro atoms. The molecule has 0 fully saturated rings. The van der Waals surface area contributed by atoms with Gasteiger partial charge in [-0.15, -0.1) is 0 Å². The van der Waals surface area contributed by atoms with Gasteiger partial charge in [0.2, 0.25) is 0 Å². The first kappa shape index (κ1) is 8.59. The van der Waals surface area contributed by atoms with Crippen LogP contribution in [0.15, 0.2) is 0 Å². The summed E-state index contributed by atoms with van der Waals surface area (Å²) < 4.78 is 9.90. The first-order valence-electron chi connectivity index (χ1n) is 3.06. The molecule has 0 unspecified atom stereocenters. The second-order valence-corrected chi connectivity index (χ2v) is 1.48. The number of rotatable bonds is 6. The van der Waals surface area contributed by atoms with Gasteiger partial charge >= 0.3 is 0 Å². The number of ether oxygens (including phenoxy) is 2. The lowest BCUT2D eigenvalue weighted by molar-refractivity contribution is 0.0688. The average molecular weight is 131 g/mol. The van der Waals surface area contributed by atoms with Gasteiger partial charge in [0, 0.05) is 12.8 Å². The van der Waals surface area contributed by atoms with Crippen molar-refractivity contribution < 1.29 is 9.47 Å². The van der Waals surface area contributed by atoms with E-state index in [2.05, 4.69) is 0 Å². The molecular formula is C6H13NO2. The smallest absolute Gasteiger partial charge is 0.0812 e. The summed E-state index contributed by atoms with van der Waals surface area (Å²) in [6.45, 7) is 4.28. The molecule has 0 saturated carbocycles. The lowest BCUT2D eigenvalue weighted by Gasteiger charge is -1.99. The Hall–Kier alpha value is -0.410. The molecule has 0 saturated heterocycles. The van der Waals surface area contributed by atoms with Gasteiger partial charge < -0.3 is 14.9 Å². The zero-order valence-electron chi connectivity index (χ0n) is 5.72. The third-order valence-electron chi connectivity index (χ3n) is 0.777. The van der Waals surface area contributed by atoms with E-state index in [1.807, 2.05) is 6.92 Å². The van der Waals surface area contributed by atoms with Crippen molar-refractivity contribution in [3.8, 4) is 0 Å². The first-order valence-corrected chi connectivity index (χ1v) is 3.06. The molecule has 3 nitrogen and oxygen atoms in total. The van der Waals surface area contributed by atoms with Gasteiger partial charge in [-0.25, -0.2) is 0 Å². The van der Waals surface area contributed by atoms with Crippen molar-refractivity contribution in [2.45, 2.75) is 6.92 Å². The van der Waals surface area contributed by atoms with Crippen molar-refractivity contribution in [3.05, 3.63) is 0 Å². The van der Waals surface area contributed by atoms with Crippen LogP contribution in [-0.4, -0.2) is 32.6 Å². The van der Waals surface area contributed by atoms with Crippen LogP contribution in [-0.2, 0) is 9.47 Å². The molecule has 0 atom stereocenters. The number of hydrogen-bond donors (Lipinski definition) is 1. The Bertz CT molecular complexity index is 66.1. The summed E-state index contributed by atoms with van der Waals surface area (Å²) in [5, 5.41) is 6.59. The lowest BCUT2D eigenvalue weighted by Crippen LogP contribution is -2.04. The van der Waals surface area contributed by atoms with E-state index < -0.39 is 0 Å². The predicted molar refractivity (Wildman–Crippen MR) is 36.1 cm³/mol. The van der Waals surface area contributed by atoms with Crippen molar-refractivity contribution in [2.24, 2.45) is 0 Å². The Balaban J connectivity index is 2.66. The topological polar surface area (TPSA) is 42.3 Å². The normalized spacial score (nSPS) is 9.44. The Morgan fingerprint density at radius 3 is 2.56 bits per heavy atom. The second kappa shape index (κ2) is 7.59. The maximum atomic E-state index is 6.59. The molecule has 0 aromatic carbocycles. The monoisotopic (exact) mass is 131 g/mol. The van der Waals surface area contributed by atoms with Gasteiger partial charge in [0.25, 0.3) is 0 Å². The van der Waals surface area contributed by atoms with Crippen molar-refractivity contribution in [2.75, 3.05) is 26.4 Å². The predicted octanol–water partition coefficient (Wildman–Crippen LogP) is 0.689. The lowest BCUT2D eigenvalue weighted by atomic mass is 10.7. The van der Waals surface area contributed by atoms with Crippen LogP contribution < -0.4 is 0 Å². The zero-order valence-corrected chi connectivity index (χ0v) is 5.72. The van der Waals surface area contributed by atoms with Gasteiger partial charge in [0.05, 0.1) is 19.8 Å². The Kier molecular flexibility index (Phi) is 7.24. The van der Waals surface area contributed by atoms with E-state index in [4.69, 9.17) is 14.9 Å². The molecule has 0 amide bonds. The molecule has 0 aromatic heterocycles. The third kappa shape index (κ3) is 7.59. The summed E-state index contributed by atoms with van der Waals surface area (Å²) in [5.41, 5.74) is 0. The summed E-state index contributed by atoms with van der Waals surface area (Å²) in [4.78, 5) is 0. The molecule has 0 aromatic rings. The summed E-state index contributed by atoms with van der Waals surface area (Å²) in [7, 11) is 0. The highest BCUT2D eigenvalue weighted by molar-refractivity contribution is 5.53. The minimum atomic E-state index is 0.396. The Morgan fingerprint density at radius 1 is 1.33 bits per heavy atom. The Morgan fingerprint density at radius 2 is 2.00 bits per heavy atom. The van der Waals surface area contributed by atoms with E-state index in [0.29, 0.717) is 19.8 Å². The average Bonchev–Trinajstić information content (AvgIpc) is 1.89. The number of nitrogens with one attached hydrogen (secondary N) is 1. The highest BCUT2D eigenvalue weighted by Gasteiger charge is 1.82. The molecule has 3 heteroatoms. The zero-order chi connectivity index (χ0) is 6.95. The summed E-state index contributed by atoms with van der Waals surface area (Å²) in [5.74, 6) is 0. The molecule has 0 heterocycles. The van der Waals surface area contributed by atoms with Crippen molar-refractivity contribution in [3.63, 3.8) is 0 Å². The molecule has 0 aliphatic heterocycles. The summed E-state index contributed by atoms with van der Waals surface area (Å²) >= 11 is 0. The van der Waals surface area contributed by atoms with Gasteiger partial charge in [-0.05, 0) is 6.92 Å². The van der Waals surface area contributed by atoms with Crippen LogP contribution in [0.25, 0.3) is 0 Å². The maximum Gasteiger partial charge on any atom is 0.0812 e. The highest BCUT2D eigenvalue weighted by Crippen LogP contribution is 1.74. The van der Waals surface area contributed by atoms with Crippen molar-refractivity contribution >= 4 is 6.21 Å². The van der Waals surface area contributed by atoms with Crippen LogP contribution in [0.2, 0.25) is 0 Å². The molecule has 0 radical (unpaired) electrons. The summed E-state index contributed by atoms with van der Waals surface area (Å²) in [6, 6.07) is 0. The van der Waals surface area contributed by atoms with Crippen LogP contribution >= 0.6 is 0 Å². The van der Waals surface area contributed by atoms with Gasteiger partial charge in [0.15, 0.2) is 0 Å². The van der Waals surface area contributed by atoms with Gasteiger partial charge in [-0.2, -0.15) is 0 Å². The fraction of sp³-hybridized carbons (Fsp3) is 0.833. The molecule has 0 rings (SSSR count). The molecule has 54 valence electrons. The van der Waals surface area contributed by atoms with Crippen molar-refractivity contribution in [1.82, 2.24) is 0 Å². The first-order chi connectivity index (χ1) is 4.41. The third-order valence-corrected chi connectivity index (χ3v) is 0.777. The number of hydrogen-bond acceptors (Lipinski definition) is 3. The van der Waals surface area contributed by atoms with E-state index >= 15 is 0 Å². The second-order valence-electron chi connectivity index (χ2n) is 1.48. The fourth-order valence-electron chi connectivity index (χ4n) is 0.404. The van der Waals surface area contributed by atoms with Crippen LogP contribution in [0.3, 0.4) is 0 Å². The molecule has 0 bridgehead atoms. The van der Waals surface area contributed by atoms with E-state index in [1.54, 1.807) is 0 Å². The quantitative estimate of drug-likeness (QED) is 0.425.